The Balaban J connectivity index is 1.62. The highest BCUT2D eigenvalue weighted by Gasteiger charge is 2.32. The molecule has 4 rings (SSSR count). The van der Waals surface area contributed by atoms with Crippen molar-refractivity contribution in [3.05, 3.63) is 82.5 Å². The van der Waals surface area contributed by atoms with E-state index in [0.29, 0.717) is 32.7 Å². The Hall–Kier alpha value is -3.70. The lowest BCUT2D eigenvalue weighted by Crippen LogP contribution is -2.37. The summed E-state index contributed by atoms with van der Waals surface area (Å²) in [6.07, 6.45) is -0.821. The topological polar surface area (TPSA) is 104 Å². The van der Waals surface area contributed by atoms with Crippen LogP contribution in [0.25, 0.3) is 11.0 Å². The fraction of sp³-hybridized carbons (Fsp3) is 0.280. The minimum Gasteiger partial charge on any atom is -0.443 e. The van der Waals surface area contributed by atoms with E-state index in [2.05, 4.69) is 19.9 Å². The predicted molar refractivity (Wildman–Crippen MR) is 131 cm³/mol. The first-order valence-corrected chi connectivity index (χ1v) is 11.5. The highest BCUT2D eigenvalue weighted by Crippen LogP contribution is 2.31. The van der Waals surface area contributed by atoms with Gasteiger partial charge in [-0.2, -0.15) is 13.2 Å². The van der Waals surface area contributed by atoms with Gasteiger partial charge in [-0.15, -0.1) is 0 Å². The van der Waals surface area contributed by atoms with E-state index in [1.165, 1.54) is 29.4 Å². The molecule has 194 valence electrons. The zero-order valence-corrected chi connectivity index (χ0v) is 20.8. The lowest BCUT2D eigenvalue weighted by Gasteiger charge is -2.27. The van der Waals surface area contributed by atoms with Gasteiger partial charge in [-0.05, 0) is 44.5 Å². The number of nitrogens with zero attached hydrogens (tertiary/aromatic N) is 4. The number of nitrogens with one attached hydrogen (secondary N) is 1. The third-order valence-corrected chi connectivity index (χ3v) is 5.46. The van der Waals surface area contributed by atoms with Crippen LogP contribution in [-0.4, -0.2) is 36.7 Å². The molecule has 0 bridgehead atoms. The lowest BCUT2D eigenvalue weighted by atomic mass is 10.0. The highest BCUT2D eigenvalue weighted by molar-refractivity contribution is 6.31. The van der Waals surface area contributed by atoms with Crippen LogP contribution in [0.2, 0.25) is 5.02 Å². The molecule has 0 spiro atoms. The van der Waals surface area contributed by atoms with E-state index < -0.39 is 29.7 Å². The molecule has 0 radical (unpaired) electrons. The van der Waals surface area contributed by atoms with Gasteiger partial charge >= 0.3 is 12.3 Å². The number of hydrogen-bond donors (Lipinski definition) is 2. The number of rotatable bonds is 5. The molecule has 0 fully saturated rings. The molecule has 0 saturated heterocycles. The highest BCUT2D eigenvalue weighted by atomic mass is 35.5. The van der Waals surface area contributed by atoms with Gasteiger partial charge in [0.2, 0.25) is 0 Å². The molecule has 2 N–H and O–H groups in total. The number of aromatic nitrogens is 4. The smallest absolute Gasteiger partial charge is 0.433 e. The number of anilines is 1. The molecule has 0 aliphatic rings. The van der Waals surface area contributed by atoms with E-state index in [1.54, 1.807) is 39.1 Å². The summed E-state index contributed by atoms with van der Waals surface area (Å²) >= 11 is 6.05. The summed E-state index contributed by atoms with van der Waals surface area (Å²) in [4.78, 5) is 29.1. The van der Waals surface area contributed by atoms with E-state index in [-0.39, 0.29) is 12.4 Å². The third-order valence-electron chi connectivity index (χ3n) is 5.26. The summed E-state index contributed by atoms with van der Waals surface area (Å²) in [5, 5.41) is 12.0. The Morgan fingerprint density at radius 2 is 1.86 bits per heavy atom. The summed E-state index contributed by atoms with van der Waals surface area (Å²) in [6, 6.07) is 6.87. The van der Waals surface area contributed by atoms with Crippen molar-refractivity contribution in [2.75, 3.05) is 4.90 Å². The minimum absolute atomic E-state index is 0.137. The number of alkyl halides is 3. The van der Waals surface area contributed by atoms with Crippen molar-refractivity contribution >= 4 is 34.5 Å². The van der Waals surface area contributed by atoms with Crippen molar-refractivity contribution in [2.45, 2.75) is 45.2 Å². The van der Waals surface area contributed by atoms with E-state index in [1.807, 2.05) is 0 Å². The standard InChI is InChI=1S/C25H23ClF3N5O3/c1-24(2,3)37-23(36)34(13-14-4-6-19(30-9-14)25(27,28)29)20-7-5-15(10-31-20)21(35)18-12-33-22-17(18)8-16(26)11-32-22/h4-12,21,35H,13H2,1-3H3,(H,32,33). The molecule has 37 heavy (non-hydrogen) atoms. The van der Waals surface area contributed by atoms with Crippen LogP contribution < -0.4 is 4.90 Å². The number of carbonyl (C=O) groups is 1. The number of H-pyrrole nitrogens is 1. The predicted octanol–water partition coefficient (Wildman–Crippen LogP) is 6.05. The summed E-state index contributed by atoms with van der Waals surface area (Å²) < 4.78 is 44.1. The molecule has 1 unspecified atom stereocenters. The Labute approximate surface area is 215 Å². The third kappa shape index (κ3) is 6.17. The molecule has 0 aliphatic carbocycles. The normalized spacial score (nSPS) is 13.0. The van der Waals surface area contributed by atoms with Crippen LogP contribution in [0.3, 0.4) is 0 Å². The zero-order valence-electron chi connectivity index (χ0n) is 20.0. The average molecular weight is 534 g/mol. The fourth-order valence-electron chi connectivity index (χ4n) is 3.55. The maximum Gasteiger partial charge on any atom is 0.433 e. The van der Waals surface area contributed by atoms with Crippen molar-refractivity contribution in [1.29, 1.82) is 0 Å². The number of fused-ring (bicyclic) bond motifs is 1. The summed E-state index contributed by atoms with van der Waals surface area (Å²) in [5.74, 6) is 0.175. The maximum atomic E-state index is 13.0. The maximum absolute atomic E-state index is 13.0. The lowest BCUT2D eigenvalue weighted by molar-refractivity contribution is -0.141. The first kappa shape index (κ1) is 26.4. The molecule has 1 atom stereocenters. The van der Waals surface area contributed by atoms with E-state index in [0.717, 1.165) is 12.3 Å². The van der Waals surface area contributed by atoms with Gasteiger partial charge in [-0.25, -0.2) is 14.8 Å². The number of aromatic amines is 1. The molecule has 1 amide bonds. The fourth-order valence-corrected chi connectivity index (χ4v) is 3.71. The molecule has 4 aromatic heterocycles. The molecular formula is C25H23ClF3N5O3. The number of pyridine rings is 3. The van der Waals surface area contributed by atoms with Gasteiger partial charge in [-0.1, -0.05) is 23.7 Å². The summed E-state index contributed by atoms with van der Waals surface area (Å²) in [6.45, 7) is 4.94. The molecule has 0 saturated carbocycles. The van der Waals surface area contributed by atoms with E-state index >= 15 is 0 Å². The number of aliphatic hydroxyl groups excluding tert-OH is 1. The largest absolute Gasteiger partial charge is 0.443 e. The van der Waals surface area contributed by atoms with Gasteiger partial charge in [0.1, 0.15) is 28.9 Å². The zero-order chi connectivity index (χ0) is 27.0. The molecular weight excluding hydrogens is 511 g/mol. The van der Waals surface area contributed by atoms with Crippen LogP contribution in [0.15, 0.2) is 55.1 Å². The second-order valence-corrected chi connectivity index (χ2v) is 9.70. The van der Waals surface area contributed by atoms with Crippen molar-refractivity contribution in [2.24, 2.45) is 0 Å². The van der Waals surface area contributed by atoms with Gasteiger partial charge in [0.05, 0.1) is 11.6 Å². The molecule has 0 aromatic carbocycles. The SMILES string of the molecule is CC(C)(C)OC(=O)N(Cc1ccc(C(F)(F)F)nc1)c1ccc(C(O)c2c[nH]c3ncc(Cl)cc23)cn1. The van der Waals surface area contributed by atoms with E-state index in [9.17, 15) is 23.1 Å². The van der Waals surface area contributed by atoms with Crippen molar-refractivity contribution in [3.63, 3.8) is 0 Å². The van der Waals surface area contributed by atoms with Crippen LogP contribution in [-0.2, 0) is 17.5 Å². The van der Waals surface area contributed by atoms with Gasteiger partial charge in [0.15, 0.2) is 0 Å². The number of amides is 1. The van der Waals surface area contributed by atoms with E-state index in [4.69, 9.17) is 16.3 Å². The second-order valence-electron chi connectivity index (χ2n) is 9.26. The summed E-state index contributed by atoms with van der Waals surface area (Å²) in [7, 11) is 0. The van der Waals surface area contributed by atoms with Crippen LogP contribution >= 0.6 is 11.6 Å². The quantitative estimate of drug-likeness (QED) is 0.324. The van der Waals surface area contributed by atoms with Gasteiger partial charge in [0, 0.05) is 41.3 Å². The second kappa shape index (κ2) is 9.98. The monoisotopic (exact) mass is 533 g/mol. The van der Waals surface area contributed by atoms with Gasteiger partial charge < -0.3 is 14.8 Å². The average Bonchev–Trinajstić information content (AvgIpc) is 3.24. The Morgan fingerprint density at radius 1 is 1.11 bits per heavy atom. The Bertz CT molecular complexity index is 1400. The number of hydrogen-bond acceptors (Lipinski definition) is 6. The Morgan fingerprint density at radius 3 is 2.46 bits per heavy atom. The molecule has 4 heterocycles. The van der Waals surface area contributed by atoms with Crippen molar-refractivity contribution in [1.82, 2.24) is 19.9 Å². The van der Waals surface area contributed by atoms with Crippen LogP contribution in [0.4, 0.5) is 23.8 Å². The van der Waals surface area contributed by atoms with Gasteiger partial charge in [0.25, 0.3) is 0 Å². The minimum atomic E-state index is -4.58. The molecule has 4 aromatic rings. The van der Waals surface area contributed by atoms with Crippen LogP contribution in [0.1, 0.15) is 49.3 Å². The Kier molecular flexibility index (Phi) is 7.11. The first-order chi connectivity index (χ1) is 17.3. The van der Waals surface area contributed by atoms with Crippen molar-refractivity contribution < 1.29 is 27.8 Å². The van der Waals surface area contributed by atoms with Crippen LogP contribution in [0, 0.1) is 0 Å². The number of ether oxygens (including phenoxy) is 1. The van der Waals surface area contributed by atoms with Gasteiger partial charge in [-0.3, -0.25) is 9.88 Å². The molecule has 8 nitrogen and oxygen atoms in total. The summed E-state index contributed by atoms with van der Waals surface area (Å²) in [5.41, 5.74) is 0.0148. The number of aliphatic hydroxyl groups is 1. The first-order valence-electron chi connectivity index (χ1n) is 11.1. The number of halogens is 4. The van der Waals surface area contributed by atoms with Crippen LogP contribution in [0.5, 0.6) is 0 Å². The molecule has 12 heteroatoms. The van der Waals surface area contributed by atoms with Crippen molar-refractivity contribution in [3.8, 4) is 0 Å². The molecule has 0 aliphatic heterocycles. The number of carbonyl (C=O) groups excluding carboxylic acids is 1.